The van der Waals surface area contributed by atoms with Crippen molar-refractivity contribution < 1.29 is 18.7 Å². The van der Waals surface area contributed by atoms with Crippen molar-refractivity contribution in [3.8, 4) is 5.75 Å². The number of rotatable bonds is 7. The van der Waals surface area contributed by atoms with E-state index >= 15 is 0 Å². The number of amides is 1. The molecular formula is C24H20FNO3. The highest BCUT2D eigenvalue weighted by Crippen LogP contribution is 2.26. The lowest BCUT2D eigenvalue weighted by molar-refractivity contribution is -0.128. The number of nitrogens with one attached hydrogen (secondary N) is 1. The van der Waals surface area contributed by atoms with Gasteiger partial charge < -0.3 is 10.1 Å². The summed E-state index contributed by atoms with van der Waals surface area (Å²) < 4.78 is 19.0. The molecule has 0 aliphatic heterocycles. The van der Waals surface area contributed by atoms with E-state index in [9.17, 15) is 14.0 Å². The van der Waals surface area contributed by atoms with Gasteiger partial charge >= 0.3 is 0 Å². The summed E-state index contributed by atoms with van der Waals surface area (Å²) in [5.41, 5.74) is 1.63. The number of hydrogen-bond acceptors (Lipinski definition) is 3. The molecule has 1 saturated carbocycles. The van der Waals surface area contributed by atoms with Crippen molar-refractivity contribution in [2.45, 2.75) is 25.0 Å². The average molecular weight is 389 g/mol. The molecule has 0 unspecified atom stereocenters. The highest BCUT2D eigenvalue weighted by molar-refractivity contribution is 6.09. The summed E-state index contributed by atoms with van der Waals surface area (Å²) in [5.74, 6) is -0.282. The van der Waals surface area contributed by atoms with Gasteiger partial charge in [-0.05, 0) is 61.4 Å². The molecule has 0 aromatic heterocycles. The van der Waals surface area contributed by atoms with Gasteiger partial charge in [-0.2, -0.15) is 0 Å². The maximum atomic E-state index is 13.1. The lowest BCUT2D eigenvalue weighted by Crippen LogP contribution is -2.33. The zero-order valence-corrected chi connectivity index (χ0v) is 15.7. The van der Waals surface area contributed by atoms with Gasteiger partial charge in [0.2, 0.25) is 6.10 Å². The molecule has 0 saturated heterocycles. The number of carbonyl (C=O) groups excluding carboxylic acids is 2. The summed E-state index contributed by atoms with van der Waals surface area (Å²) in [6.07, 6.45) is 1.22. The SMILES string of the molecule is O=C(c1ccc(F)cc1)c1ccc(O[C@@H](C(=O)NC2CC2)c2ccccc2)cc1. The number of ketones is 1. The maximum Gasteiger partial charge on any atom is 0.266 e. The van der Waals surface area contributed by atoms with Crippen LogP contribution >= 0.6 is 0 Å². The molecular weight excluding hydrogens is 369 g/mol. The molecule has 0 bridgehead atoms. The van der Waals surface area contributed by atoms with Crippen molar-refractivity contribution >= 4 is 11.7 Å². The molecule has 1 fully saturated rings. The zero-order valence-electron chi connectivity index (χ0n) is 15.7. The summed E-state index contributed by atoms with van der Waals surface area (Å²) in [4.78, 5) is 25.2. The molecule has 0 spiro atoms. The minimum atomic E-state index is -0.768. The summed E-state index contributed by atoms with van der Waals surface area (Å²) >= 11 is 0. The maximum absolute atomic E-state index is 13.1. The standard InChI is InChI=1S/C24H20FNO3/c25-19-10-6-16(7-11-19)22(27)17-8-14-21(15-9-17)29-23(18-4-2-1-3-5-18)24(28)26-20-12-13-20/h1-11,14-15,20,23H,12-13H2,(H,26,28)/t23-/m1/s1. The molecule has 0 radical (unpaired) electrons. The second-order valence-electron chi connectivity index (χ2n) is 7.05. The van der Waals surface area contributed by atoms with E-state index in [2.05, 4.69) is 5.32 Å². The van der Waals surface area contributed by atoms with Crippen LogP contribution in [0.1, 0.15) is 40.4 Å². The molecule has 3 aromatic rings. The number of hydrogen-bond donors (Lipinski definition) is 1. The Bertz CT molecular complexity index is 997. The Kier molecular flexibility index (Phi) is 5.38. The van der Waals surface area contributed by atoms with Crippen molar-refractivity contribution in [3.05, 3.63) is 101 Å². The van der Waals surface area contributed by atoms with Gasteiger partial charge in [0.25, 0.3) is 5.91 Å². The summed E-state index contributed by atoms with van der Waals surface area (Å²) in [7, 11) is 0. The fraction of sp³-hybridized carbons (Fsp3) is 0.167. The van der Waals surface area contributed by atoms with Crippen LogP contribution in [0.3, 0.4) is 0 Å². The highest BCUT2D eigenvalue weighted by atomic mass is 19.1. The molecule has 0 heterocycles. The highest BCUT2D eigenvalue weighted by Gasteiger charge is 2.29. The third-order valence-electron chi connectivity index (χ3n) is 4.74. The first kappa shape index (κ1) is 18.9. The van der Waals surface area contributed by atoms with Gasteiger partial charge in [-0.1, -0.05) is 30.3 Å². The van der Waals surface area contributed by atoms with Gasteiger partial charge in [-0.15, -0.1) is 0 Å². The molecule has 146 valence electrons. The van der Waals surface area contributed by atoms with Crippen LogP contribution in [-0.4, -0.2) is 17.7 Å². The van der Waals surface area contributed by atoms with E-state index in [-0.39, 0.29) is 23.5 Å². The van der Waals surface area contributed by atoms with Crippen LogP contribution in [0, 0.1) is 5.82 Å². The second kappa shape index (κ2) is 8.27. The van der Waals surface area contributed by atoms with Gasteiger partial charge in [-0.25, -0.2) is 4.39 Å². The Morgan fingerprint density at radius 1 is 0.862 bits per heavy atom. The predicted molar refractivity (Wildman–Crippen MR) is 107 cm³/mol. The smallest absolute Gasteiger partial charge is 0.266 e. The van der Waals surface area contributed by atoms with Crippen LogP contribution in [0.5, 0.6) is 5.75 Å². The van der Waals surface area contributed by atoms with Gasteiger partial charge in [0.15, 0.2) is 5.78 Å². The fourth-order valence-electron chi connectivity index (χ4n) is 2.99. The monoisotopic (exact) mass is 389 g/mol. The van der Waals surface area contributed by atoms with Crippen LogP contribution in [0.2, 0.25) is 0 Å². The van der Waals surface area contributed by atoms with E-state index in [1.165, 1.54) is 24.3 Å². The van der Waals surface area contributed by atoms with Crippen LogP contribution in [0.15, 0.2) is 78.9 Å². The Hall–Kier alpha value is -3.47. The van der Waals surface area contributed by atoms with Gasteiger partial charge in [-0.3, -0.25) is 9.59 Å². The molecule has 1 aliphatic rings. The first-order chi connectivity index (χ1) is 14.1. The first-order valence-corrected chi connectivity index (χ1v) is 9.52. The molecule has 1 atom stereocenters. The van der Waals surface area contributed by atoms with Gasteiger partial charge in [0, 0.05) is 22.7 Å². The summed E-state index contributed by atoms with van der Waals surface area (Å²) in [6.45, 7) is 0. The van der Waals surface area contributed by atoms with E-state index in [4.69, 9.17) is 4.74 Å². The fourth-order valence-corrected chi connectivity index (χ4v) is 2.99. The number of benzene rings is 3. The topological polar surface area (TPSA) is 55.4 Å². The lowest BCUT2D eigenvalue weighted by Gasteiger charge is -2.19. The second-order valence-corrected chi connectivity index (χ2v) is 7.05. The van der Waals surface area contributed by atoms with Crippen molar-refractivity contribution in [1.82, 2.24) is 5.32 Å². The minimum absolute atomic E-state index is 0.176. The normalized spacial score (nSPS) is 14.1. The summed E-state index contributed by atoms with van der Waals surface area (Å²) in [6, 6.07) is 21.6. The quantitative estimate of drug-likeness (QED) is 0.607. The van der Waals surface area contributed by atoms with E-state index in [1.54, 1.807) is 24.3 Å². The van der Waals surface area contributed by atoms with E-state index in [1.807, 2.05) is 30.3 Å². The van der Waals surface area contributed by atoms with E-state index < -0.39 is 6.10 Å². The Labute approximate surface area is 168 Å². The average Bonchev–Trinajstić information content (AvgIpc) is 3.57. The van der Waals surface area contributed by atoms with Crippen LogP contribution in [0.25, 0.3) is 0 Å². The number of ether oxygens (including phenoxy) is 1. The van der Waals surface area contributed by atoms with E-state index in [0.29, 0.717) is 16.9 Å². The Morgan fingerprint density at radius 2 is 1.45 bits per heavy atom. The largest absolute Gasteiger partial charge is 0.476 e. The van der Waals surface area contributed by atoms with Crippen LogP contribution < -0.4 is 10.1 Å². The molecule has 4 nitrogen and oxygen atoms in total. The molecule has 1 N–H and O–H groups in total. The lowest BCUT2D eigenvalue weighted by atomic mass is 10.0. The van der Waals surface area contributed by atoms with Gasteiger partial charge in [0.05, 0.1) is 0 Å². The number of halogens is 1. The van der Waals surface area contributed by atoms with Crippen LogP contribution in [-0.2, 0) is 4.79 Å². The van der Waals surface area contributed by atoms with Crippen molar-refractivity contribution in [2.24, 2.45) is 0 Å². The summed E-state index contributed by atoms with van der Waals surface area (Å²) in [5, 5.41) is 2.98. The molecule has 3 aromatic carbocycles. The third kappa shape index (κ3) is 4.69. The van der Waals surface area contributed by atoms with Crippen molar-refractivity contribution in [2.75, 3.05) is 0 Å². The minimum Gasteiger partial charge on any atom is -0.476 e. The van der Waals surface area contributed by atoms with Crippen LogP contribution in [0.4, 0.5) is 4.39 Å². The Balaban J connectivity index is 1.51. The number of carbonyl (C=O) groups is 2. The third-order valence-corrected chi connectivity index (χ3v) is 4.74. The van der Waals surface area contributed by atoms with E-state index in [0.717, 1.165) is 18.4 Å². The molecule has 5 heteroatoms. The molecule has 29 heavy (non-hydrogen) atoms. The van der Waals surface area contributed by atoms with Crippen molar-refractivity contribution in [1.29, 1.82) is 0 Å². The first-order valence-electron chi connectivity index (χ1n) is 9.52. The predicted octanol–water partition coefficient (Wildman–Crippen LogP) is 4.46. The molecule has 1 amide bonds. The van der Waals surface area contributed by atoms with Gasteiger partial charge in [0.1, 0.15) is 11.6 Å². The molecule has 1 aliphatic carbocycles. The zero-order chi connectivity index (χ0) is 20.2. The Morgan fingerprint density at radius 3 is 2.03 bits per heavy atom. The molecule has 4 rings (SSSR count). The van der Waals surface area contributed by atoms with Crippen molar-refractivity contribution in [3.63, 3.8) is 0 Å².